The summed E-state index contributed by atoms with van der Waals surface area (Å²) < 4.78 is 4.46. The third-order valence-electron chi connectivity index (χ3n) is 11.2. The minimum atomic E-state index is 0.495. The molecule has 0 atom stereocenters. The lowest BCUT2D eigenvalue weighted by Gasteiger charge is -2.17. The molecule has 0 saturated heterocycles. The van der Waals surface area contributed by atoms with Crippen LogP contribution < -0.4 is 0 Å². The Hall–Kier alpha value is -8.65. The van der Waals surface area contributed by atoms with Crippen molar-refractivity contribution >= 4 is 49.3 Å². The highest BCUT2D eigenvalue weighted by molar-refractivity contribution is 6.12. The number of hydrogen-bond acceptors (Lipinski definition) is 4. The Morgan fingerprint density at radius 2 is 1.00 bits per heavy atom. The van der Waals surface area contributed by atoms with Gasteiger partial charge in [-0.05, 0) is 71.8 Å². The van der Waals surface area contributed by atoms with E-state index in [1.807, 2.05) is 103 Å². The van der Waals surface area contributed by atoms with Crippen LogP contribution >= 0.6 is 0 Å². The molecule has 0 fully saturated rings. The topological polar surface area (TPSA) is 76.7 Å². The van der Waals surface area contributed by atoms with Gasteiger partial charge in [-0.25, -0.2) is 19.8 Å². The first kappa shape index (κ1) is 34.6. The van der Waals surface area contributed by atoms with Crippen molar-refractivity contribution in [1.82, 2.24) is 24.1 Å². The third-order valence-corrected chi connectivity index (χ3v) is 11.2. The summed E-state index contributed by atoms with van der Waals surface area (Å²) in [4.78, 5) is 19.2. The highest BCUT2D eigenvalue weighted by atomic mass is 15.1. The molecule has 60 heavy (non-hydrogen) atoms. The average Bonchev–Trinajstić information content (AvgIpc) is 3.83. The fourth-order valence-corrected chi connectivity index (χ4v) is 8.43. The summed E-state index contributed by atoms with van der Waals surface area (Å²) in [5.74, 6) is 1.60. The highest BCUT2D eigenvalue weighted by Gasteiger charge is 2.22. The fourth-order valence-electron chi connectivity index (χ4n) is 8.43. The van der Waals surface area contributed by atoms with Gasteiger partial charge in [-0.15, -0.1) is 0 Å². The van der Waals surface area contributed by atoms with Crippen LogP contribution in [0.3, 0.4) is 0 Å². The molecule has 8 aromatic carbocycles. The van der Waals surface area contributed by atoms with Crippen LogP contribution in [0.15, 0.2) is 188 Å². The van der Waals surface area contributed by atoms with Crippen LogP contribution in [-0.2, 0) is 0 Å². The van der Waals surface area contributed by atoms with Gasteiger partial charge in [0.1, 0.15) is 0 Å². The molecule has 278 valence electrons. The van der Waals surface area contributed by atoms with Crippen molar-refractivity contribution in [2.75, 3.05) is 0 Å². The Balaban J connectivity index is 1.21. The van der Waals surface area contributed by atoms with E-state index in [2.05, 4.69) is 105 Å². The average molecular weight is 766 g/mol. The Bertz CT molecular complexity index is 3430. The van der Waals surface area contributed by atoms with Crippen molar-refractivity contribution in [2.24, 2.45) is 0 Å². The van der Waals surface area contributed by atoms with Crippen LogP contribution in [0.4, 0.5) is 5.69 Å². The van der Waals surface area contributed by atoms with E-state index in [1.54, 1.807) is 0 Å². The largest absolute Gasteiger partial charge is 0.310 e. The van der Waals surface area contributed by atoms with Gasteiger partial charge in [0.15, 0.2) is 23.2 Å². The van der Waals surface area contributed by atoms with Crippen molar-refractivity contribution in [3.63, 3.8) is 0 Å². The van der Waals surface area contributed by atoms with Gasteiger partial charge >= 0.3 is 0 Å². The number of benzene rings is 8. The van der Waals surface area contributed by atoms with E-state index in [9.17, 15) is 5.26 Å². The molecular formula is C53H31N7. The number of nitrogens with zero attached hydrogens (tertiary/aromatic N) is 7. The molecular weight excluding hydrogens is 735 g/mol. The molecule has 3 heterocycles. The van der Waals surface area contributed by atoms with Crippen molar-refractivity contribution in [3.8, 4) is 62.7 Å². The summed E-state index contributed by atoms with van der Waals surface area (Å²) in [7, 11) is 0. The molecule has 0 bridgehead atoms. The monoisotopic (exact) mass is 765 g/mol. The van der Waals surface area contributed by atoms with Crippen LogP contribution in [0.25, 0.3) is 105 Å². The van der Waals surface area contributed by atoms with Gasteiger partial charge in [-0.3, -0.25) is 0 Å². The molecule has 0 aliphatic rings. The van der Waals surface area contributed by atoms with E-state index in [1.165, 1.54) is 5.39 Å². The summed E-state index contributed by atoms with van der Waals surface area (Å²) in [6, 6.07) is 65.8. The molecule has 0 spiro atoms. The number of aromatic nitrogens is 5. The van der Waals surface area contributed by atoms with Crippen LogP contribution in [0.1, 0.15) is 5.56 Å². The van der Waals surface area contributed by atoms with Crippen LogP contribution in [0.2, 0.25) is 0 Å². The molecule has 7 heteroatoms. The molecule has 3 aromatic heterocycles. The maximum atomic E-state index is 10.1. The number of nitriles is 1. The molecule has 0 amide bonds. The molecule has 0 N–H and O–H groups in total. The van der Waals surface area contributed by atoms with Crippen molar-refractivity contribution < 1.29 is 0 Å². The summed E-state index contributed by atoms with van der Waals surface area (Å²) in [5, 5.41) is 14.3. The number of para-hydroxylation sites is 2. The second-order valence-electron chi connectivity index (χ2n) is 14.7. The summed E-state index contributed by atoms with van der Waals surface area (Å²) in [5.41, 5.74) is 11.4. The standard InChI is InChI=1S/C53H31N7/c1-55-39-24-26-43-42-25-21-34(33-54)29-49(42)60(50(43)32-39)48-28-23-38(37-22-27-47-44(30-37)41-19-11-12-20-46(41)59(47)40-17-9-4-10-18-40)31-45(48)53-57-51(35-13-5-2-6-14-35)56-52(58-53)36-15-7-3-8-16-36/h2-32H. The summed E-state index contributed by atoms with van der Waals surface area (Å²) in [6.45, 7) is 7.91. The summed E-state index contributed by atoms with van der Waals surface area (Å²) in [6.07, 6.45) is 0. The molecule has 0 radical (unpaired) electrons. The molecule has 11 rings (SSSR count). The van der Waals surface area contributed by atoms with Gasteiger partial charge < -0.3 is 9.13 Å². The van der Waals surface area contributed by atoms with Gasteiger partial charge in [-0.2, -0.15) is 5.26 Å². The lowest BCUT2D eigenvalue weighted by molar-refractivity contribution is 1.06. The molecule has 0 aliphatic carbocycles. The number of fused-ring (bicyclic) bond motifs is 6. The van der Waals surface area contributed by atoms with Gasteiger partial charge in [0.25, 0.3) is 0 Å². The van der Waals surface area contributed by atoms with Crippen LogP contribution in [0, 0.1) is 17.9 Å². The van der Waals surface area contributed by atoms with Gasteiger partial charge in [0, 0.05) is 49.4 Å². The van der Waals surface area contributed by atoms with Gasteiger partial charge in [0.2, 0.25) is 0 Å². The van der Waals surface area contributed by atoms with E-state index in [-0.39, 0.29) is 0 Å². The lowest BCUT2D eigenvalue weighted by Crippen LogP contribution is -2.04. The highest BCUT2D eigenvalue weighted by Crippen LogP contribution is 2.41. The minimum absolute atomic E-state index is 0.495. The molecule has 0 saturated carbocycles. The van der Waals surface area contributed by atoms with Gasteiger partial charge in [-0.1, -0.05) is 127 Å². The summed E-state index contributed by atoms with van der Waals surface area (Å²) >= 11 is 0. The SMILES string of the molecule is [C-]#[N+]c1ccc2c3ccc(C#N)cc3n(-c3ccc(-c4ccc5c(c4)c4ccccc4n5-c4ccccc4)cc3-c3nc(-c4ccccc4)nc(-c4ccccc4)n3)c2c1. The maximum Gasteiger partial charge on any atom is 0.189 e. The molecule has 11 aromatic rings. The molecule has 7 nitrogen and oxygen atoms in total. The molecule has 0 unspecified atom stereocenters. The van der Waals surface area contributed by atoms with Crippen molar-refractivity contribution in [3.05, 3.63) is 205 Å². The first-order valence-corrected chi connectivity index (χ1v) is 19.6. The fraction of sp³-hybridized carbons (Fsp3) is 0. The number of rotatable bonds is 6. The van der Waals surface area contributed by atoms with Crippen molar-refractivity contribution in [1.29, 1.82) is 5.26 Å². The Morgan fingerprint density at radius 3 is 1.70 bits per heavy atom. The van der Waals surface area contributed by atoms with E-state index in [0.717, 1.165) is 77.4 Å². The zero-order valence-electron chi connectivity index (χ0n) is 32.0. The third kappa shape index (κ3) is 5.69. The zero-order chi connectivity index (χ0) is 40.2. The Morgan fingerprint density at radius 1 is 0.433 bits per heavy atom. The first-order chi connectivity index (χ1) is 29.6. The predicted molar refractivity (Wildman–Crippen MR) is 241 cm³/mol. The van der Waals surface area contributed by atoms with Crippen LogP contribution in [0.5, 0.6) is 0 Å². The van der Waals surface area contributed by atoms with Gasteiger partial charge in [0.05, 0.1) is 40.4 Å². The van der Waals surface area contributed by atoms with Crippen LogP contribution in [-0.4, -0.2) is 24.1 Å². The van der Waals surface area contributed by atoms with E-state index in [4.69, 9.17) is 21.5 Å². The predicted octanol–water partition coefficient (Wildman–Crippen LogP) is 13.2. The van der Waals surface area contributed by atoms with E-state index in [0.29, 0.717) is 28.7 Å². The Labute approximate surface area is 345 Å². The maximum absolute atomic E-state index is 10.1. The quantitative estimate of drug-likeness (QED) is 0.158. The second-order valence-corrected chi connectivity index (χ2v) is 14.7. The Kier molecular flexibility index (Phi) is 8.11. The second kappa shape index (κ2) is 14.1. The molecule has 0 aliphatic heterocycles. The first-order valence-electron chi connectivity index (χ1n) is 19.6. The van der Waals surface area contributed by atoms with Crippen molar-refractivity contribution in [2.45, 2.75) is 0 Å². The van der Waals surface area contributed by atoms with E-state index < -0.39 is 0 Å². The lowest BCUT2D eigenvalue weighted by atomic mass is 9.99. The zero-order valence-corrected chi connectivity index (χ0v) is 32.0. The normalized spacial score (nSPS) is 11.3. The minimum Gasteiger partial charge on any atom is -0.310 e. The smallest absolute Gasteiger partial charge is 0.189 e. The van der Waals surface area contributed by atoms with E-state index >= 15 is 0 Å². The number of hydrogen-bond donors (Lipinski definition) is 0.